The monoisotopic (exact) mass is 356 g/mol. The Labute approximate surface area is 162 Å². The highest BCUT2D eigenvalue weighted by Gasteiger charge is 2.32. The summed E-state index contributed by atoms with van der Waals surface area (Å²) in [4.78, 5) is 2.63. The Morgan fingerprint density at radius 1 is 0.667 bits per heavy atom. The second-order valence-corrected chi connectivity index (χ2v) is 7.64. The Hall–Kier alpha value is -2.58. The lowest BCUT2D eigenvalue weighted by Crippen LogP contribution is -2.23. The lowest BCUT2D eigenvalue weighted by atomic mass is 9.89. The molecule has 1 fully saturated rings. The van der Waals surface area contributed by atoms with Gasteiger partial charge in [0.25, 0.3) is 0 Å². The van der Waals surface area contributed by atoms with Gasteiger partial charge in [0, 0.05) is 31.9 Å². The lowest BCUT2D eigenvalue weighted by molar-refractivity contribution is 0.313. The van der Waals surface area contributed by atoms with E-state index in [1.54, 1.807) is 0 Å². The highest BCUT2D eigenvalue weighted by molar-refractivity contribution is 5.42. The second kappa shape index (κ2) is 8.88. The predicted octanol–water partition coefficient (Wildman–Crippen LogP) is 5.09. The molecule has 0 spiro atoms. The summed E-state index contributed by atoms with van der Waals surface area (Å²) in [5.74, 6) is 1.35. The smallest absolute Gasteiger partial charge is 0.0340 e. The van der Waals surface area contributed by atoms with Crippen LogP contribution in [0.2, 0.25) is 0 Å². The van der Waals surface area contributed by atoms with Gasteiger partial charge >= 0.3 is 0 Å². The van der Waals surface area contributed by atoms with Crippen LogP contribution < -0.4 is 5.32 Å². The summed E-state index contributed by atoms with van der Waals surface area (Å²) in [6, 6.07) is 32.4. The van der Waals surface area contributed by atoms with Crippen LogP contribution in [0.1, 0.15) is 11.1 Å². The number of rotatable bonds is 7. The molecule has 0 bridgehead atoms. The normalized spacial score (nSPS) is 19.9. The summed E-state index contributed by atoms with van der Waals surface area (Å²) in [5.41, 5.74) is 4.08. The first-order valence-corrected chi connectivity index (χ1v) is 9.96. The first kappa shape index (κ1) is 17.8. The molecule has 0 amide bonds. The Bertz CT molecular complexity index is 802. The second-order valence-electron chi connectivity index (χ2n) is 7.64. The van der Waals surface area contributed by atoms with Crippen molar-refractivity contribution in [1.82, 2.24) is 4.90 Å². The Morgan fingerprint density at radius 2 is 1.22 bits per heavy atom. The molecule has 1 aliphatic rings. The molecule has 0 saturated carbocycles. The number of likely N-dealkylation sites (tertiary alicyclic amines) is 1. The molecule has 2 nitrogen and oxygen atoms in total. The zero-order chi connectivity index (χ0) is 18.3. The van der Waals surface area contributed by atoms with Gasteiger partial charge in [0.05, 0.1) is 0 Å². The summed E-state index contributed by atoms with van der Waals surface area (Å²) >= 11 is 0. The maximum absolute atomic E-state index is 3.66. The summed E-state index contributed by atoms with van der Waals surface area (Å²) in [5, 5.41) is 3.66. The van der Waals surface area contributed by atoms with Crippen LogP contribution >= 0.6 is 0 Å². The van der Waals surface area contributed by atoms with E-state index in [1.165, 1.54) is 23.4 Å². The minimum Gasteiger partial charge on any atom is -0.385 e. The van der Waals surface area contributed by atoms with Crippen LogP contribution in [0.5, 0.6) is 0 Å². The van der Waals surface area contributed by atoms with Gasteiger partial charge in [-0.05, 0) is 41.5 Å². The largest absolute Gasteiger partial charge is 0.385 e. The lowest BCUT2D eigenvalue weighted by Gasteiger charge is -2.19. The van der Waals surface area contributed by atoms with Crippen LogP contribution in [-0.4, -0.2) is 24.5 Å². The quantitative estimate of drug-likeness (QED) is 0.634. The van der Waals surface area contributed by atoms with E-state index in [2.05, 4.69) is 101 Å². The van der Waals surface area contributed by atoms with Crippen molar-refractivity contribution in [1.29, 1.82) is 0 Å². The number of nitrogens with zero attached hydrogens (tertiary/aromatic N) is 1. The first-order chi connectivity index (χ1) is 13.4. The van der Waals surface area contributed by atoms with E-state index < -0.39 is 0 Å². The van der Waals surface area contributed by atoms with E-state index in [0.29, 0.717) is 11.8 Å². The molecule has 0 radical (unpaired) electrons. The highest BCUT2D eigenvalue weighted by atomic mass is 15.2. The maximum Gasteiger partial charge on any atom is 0.0340 e. The van der Waals surface area contributed by atoms with E-state index in [-0.39, 0.29) is 0 Å². The maximum atomic E-state index is 3.66. The standard InChI is InChI=1S/C25H28N2/c1-4-10-21(11-5-1)16-23-19-27(18-22-12-6-2-7-13-22)20-24(23)17-26-25-14-8-3-9-15-25/h1-15,23-24,26H,16-20H2/t23-,24+/m0/s1. The molecule has 2 atom stereocenters. The van der Waals surface area contributed by atoms with Gasteiger partial charge in [0.1, 0.15) is 0 Å². The van der Waals surface area contributed by atoms with Gasteiger partial charge in [-0.1, -0.05) is 78.9 Å². The molecule has 4 rings (SSSR count). The van der Waals surface area contributed by atoms with E-state index in [0.717, 1.165) is 26.1 Å². The van der Waals surface area contributed by atoms with Crippen LogP contribution in [-0.2, 0) is 13.0 Å². The van der Waals surface area contributed by atoms with Crippen molar-refractivity contribution in [2.45, 2.75) is 13.0 Å². The molecule has 0 unspecified atom stereocenters. The molecule has 0 aliphatic carbocycles. The Morgan fingerprint density at radius 3 is 1.89 bits per heavy atom. The van der Waals surface area contributed by atoms with Gasteiger partial charge in [0.15, 0.2) is 0 Å². The molecule has 138 valence electrons. The third-order valence-electron chi connectivity index (χ3n) is 5.58. The minimum atomic E-state index is 0.661. The SMILES string of the molecule is c1ccc(C[C@H]2CN(Cc3ccccc3)C[C@H]2CNc2ccccc2)cc1. The average molecular weight is 357 g/mol. The molecule has 0 aromatic heterocycles. The Kier molecular flexibility index (Phi) is 5.86. The van der Waals surface area contributed by atoms with Crippen LogP contribution in [0.25, 0.3) is 0 Å². The number of hydrogen-bond donors (Lipinski definition) is 1. The minimum absolute atomic E-state index is 0.661. The van der Waals surface area contributed by atoms with Crippen molar-refractivity contribution in [2.75, 3.05) is 25.0 Å². The van der Waals surface area contributed by atoms with Crippen LogP contribution in [0.4, 0.5) is 5.69 Å². The molecule has 1 N–H and O–H groups in total. The third-order valence-corrected chi connectivity index (χ3v) is 5.58. The highest BCUT2D eigenvalue weighted by Crippen LogP contribution is 2.28. The molecule has 3 aromatic rings. The summed E-state index contributed by atoms with van der Waals surface area (Å²) in [7, 11) is 0. The summed E-state index contributed by atoms with van der Waals surface area (Å²) in [6.45, 7) is 4.41. The van der Waals surface area contributed by atoms with E-state index >= 15 is 0 Å². The van der Waals surface area contributed by atoms with Crippen molar-refractivity contribution < 1.29 is 0 Å². The molecular weight excluding hydrogens is 328 g/mol. The number of anilines is 1. The van der Waals surface area contributed by atoms with E-state index in [4.69, 9.17) is 0 Å². The molecule has 2 heteroatoms. The van der Waals surface area contributed by atoms with E-state index in [9.17, 15) is 0 Å². The molecule has 27 heavy (non-hydrogen) atoms. The van der Waals surface area contributed by atoms with Crippen molar-refractivity contribution in [3.05, 3.63) is 102 Å². The summed E-state index contributed by atoms with van der Waals surface area (Å²) < 4.78 is 0. The molecule has 1 heterocycles. The van der Waals surface area contributed by atoms with Gasteiger partial charge in [-0.25, -0.2) is 0 Å². The number of benzene rings is 3. The number of hydrogen-bond acceptors (Lipinski definition) is 2. The fourth-order valence-electron chi connectivity index (χ4n) is 4.19. The van der Waals surface area contributed by atoms with Crippen LogP contribution in [0.15, 0.2) is 91.0 Å². The van der Waals surface area contributed by atoms with Crippen molar-refractivity contribution in [3.63, 3.8) is 0 Å². The summed E-state index contributed by atoms with van der Waals surface area (Å²) in [6.07, 6.45) is 1.16. The fraction of sp³-hybridized carbons (Fsp3) is 0.280. The van der Waals surface area contributed by atoms with E-state index in [1.807, 2.05) is 0 Å². The number of nitrogens with one attached hydrogen (secondary N) is 1. The third kappa shape index (κ3) is 4.99. The van der Waals surface area contributed by atoms with Gasteiger partial charge in [-0.2, -0.15) is 0 Å². The van der Waals surface area contributed by atoms with Gasteiger partial charge in [-0.3, -0.25) is 4.90 Å². The van der Waals surface area contributed by atoms with Gasteiger partial charge in [-0.15, -0.1) is 0 Å². The molecule has 3 aromatic carbocycles. The van der Waals surface area contributed by atoms with Gasteiger partial charge < -0.3 is 5.32 Å². The molecule has 1 aliphatic heterocycles. The first-order valence-electron chi connectivity index (χ1n) is 9.96. The van der Waals surface area contributed by atoms with Crippen molar-refractivity contribution >= 4 is 5.69 Å². The Balaban J connectivity index is 1.43. The molecule has 1 saturated heterocycles. The predicted molar refractivity (Wildman–Crippen MR) is 114 cm³/mol. The van der Waals surface area contributed by atoms with Crippen LogP contribution in [0.3, 0.4) is 0 Å². The zero-order valence-corrected chi connectivity index (χ0v) is 15.8. The van der Waals surface area contributed by atoms with Crippen LogP contribution in [0, 0.1) is 11.8 Å². The van der Waals surface area contributed by atoms with Crippen molar-refractivity contribution in [2.24, 2.45) is 11.8 Å². The fourth-order valence-corrected chi connectivity index (χ4v) is 4.19. The topological polar surface area (TPSA) is 15.3 Å². The average Bonchev–Trinajstić information content (AvgIpc) is 3.10. The number of para-hydroxylation sites is 1. The zero-order valence-electron chi connectivity index (χ0n) is 15.8. The molecular formula is C25H28N2. The van der Waals surface area contributed by atoms with Crippen molar-refractivity contribution in [3.8, 4) is 0 Å². The van der Waals surface area contributed by atoms with Gasteiger partial charge in [0.2, 0.25) is 0 Å².